The third kappa shape index (κ3) is 3.62. The normalized spacial score (nSPS) is 12.4. The van der Waals surface area contributed by atoms with Gasteiger partial charge in [-0.15, -0.1) is 11.3 Å². The Morgan fingerprint density at radius 2 is 2.19 bits per heavy atom. The molecule has 1 N–H and O–H groups in total. The molecule has 0 spiro atoms. The second-order valence-electron chi connectivity index (χ2n) is 4.95. The van der Waals surface area contributed by atoms with Gasteiger partial charge >= 0.3 is 5.97 Å². The van der Waals surface area contributed by atoms with Crippen LogP contribution >= 0.6 is 11.3 Å². The molecule has 0 aliphatic rings. The number of rotatable bonds is 6. The SMILES string of the molecule is COc1cc(CN(C)C(C)c2cccs2)ccc1C(=O)O. The number of methoxy groups -OCH3 is 1. The molecule has 4 nitrogen and oxygen atoms in total. The highest BCUT2D eigenvalue weighted by Crippen LogP contribution is 2.26. The first-order valence-electron chi connectivity index (χ1n) is 6.66. The van der Waals surface area contributed by atoms with Crippen molar-refractivity contribution in [3.05, 3.63) is 51.7 Å². The molecule has 0 radical (unpaired) electrons. The van der Waals surface area contributed by atoms with Gasteiger partial charge in [-0.05, 0) is 43.1 Å². The molecule has 112 valence electrons. The lowest BCUT2D eigenvalue weighted by Gasteiger charge is -2.24. The number of ether oxygens (including phenoxy) is 1. The zero-order valence-electron chi connectivity index (χ0n) is 12.4. The largest absolute Gasteiger partial charge is 0.496 e. The Kier molecular flexibility index (Phi) is 4.98. The van der Waals surface area contributed by atoms with Crippen molar-refractivity contribution >= 4 is 17.3 Å². The van der Waals surface area contributed by atoms with Crippen LogP contribution in [0.3, 0.4) is 0 Å². The van der Waals surface area contributed by atoms with E-state index in [1.54, 1.807) is 23.5 Å². The van der Waals surface area contributed by atoms with E-state index in [1.165, 1.54) is 12.0 Å². The maximum atomic E-state index is 11.1. The van der Waals surface area contributed by atoms with Gasteiger partial charge in [-0.25, -0.2) is 4.79 Å². The molecule has 0 bridgehead atoms. The van der Waals surface area contributed by atoms with Gasteiger partial charge in [-0.1, -0.05) is 12.1 Å². The quantitative estimate of drug-likeness (QED) is 0.885. The number of aromatic carboxylic acids is 1. The van der Waals surface area contributed by atoms with E-state index in [0.717, 1.165) is 12.1 Å². The van der Waals surface area contributed by atoms with Crippen LogP contribution in [0, 0.1) is 0 Å². The predicted molar refractivity (Wildman–Crippen MR) is 84.2 cm³/mol. The zero-order chi connectivity index (χ0) is 15.4. The van der Waals surface area contributed by atoms with Gasteiger partial charge in [0.2, 0.25) is 0 Å². The summed E-state index contributed by atoms with van der Waals surface area (Å²) in [5, 5.41) is 11.2. The van der Waals surface area contributed by atoms with Crippen molar-refractivity contribution in [2.45, 2.75) is 19.5 Å². The van der Waals surface area contributed by atoms with E-state index in [4.69, 9.17) is 9.84 Å². The van der Waals surface area contributed by atoms with E-state index >= 15 is 0 Å². The number of hydrogen-bond donors (Lipinski definition) is 1. The fourth-order valence-corrected chi connectivity index (χ4v) is 3.03. The van der Waals surface area contributed by atoms with Crippen LogP contribution in [-0.2, 0) is 6.54 Å². The molecule has 0 saturated heterocycles. The van der Waals surface area contributed by atoms with E-state index in [1.807, 2.05) is 6.07 Å². The summed E-state index contributed by atoms with van der Waals surface area (Å²) in [7, 11) is 3.55. The van der Waals surface area contributed by atoms with Crippen molar-refractivity contribution in [1.29, 1.82) is 0 Å². The average molecular weight is 305 g/mol. The number of nitrogens with zero attached hydrogens (tertiary/aromatic N) is 1. The van der Waals surface area contributed by atoms with E-state index in [0.29, 0.717) is 11.8 Å². The van der Waals surface area contributed by atoms with Crippen LogP contribution < -0.4 is 4.74 Å². The summed E-state index contributed by atoms with van der Waals surface area (Å²) >= 11 is 1.74. The van der Waals surface area contributed by atoms with Crippen molar-refractivity contribution in [3.8, 4) is 5.75 Å². The number of hydrogen-bond acceptors (Lipinski definition) is 4. The molecule has 0 amide bonds. The summed E-state index contributed by atoms with van der Waals surface area (Å²) in [4.78, 5) is 14.6. The lowest BCUT2D eigenvalue weighted by molar-refractivity contribution is 0.0693. The Morgan fingerprint density at radius 3 is 2.76 bits per heavy atom. The molecule has 0 aliphatic carbocycles. The predicted octanol–water partition coefficient (Wildman–Crippen LogP) is 3.65. The number of benzene rings is 1. The summed E-state index contributed by atoms with van der Waals surface area (Å²) in [6, 6.07) is 9.72. The van der Waals surface area contributed by atoms with Gasteiger partial charge in [0.05, 0.1) is 7.11 Å². The van der Waals surface area contributed by atoms with Gasteiger partial charge in [-0.3, -0.25) is 4.90 Å². The minimum atomic E-state index is -0.973. The third-order valence-corrected chi connectivity index (χ3v) is 4.59. The second-order valence-corrected chi connectivity index (χ2v) is 5.93. The van der Waals surface area contributed by atoms with Crippen LogP contribution in [0.15, 0.2) is 35.7 Å². The minimum absolute atomic E-state index is 0.190. The Bertz CT molecular complexity index is 610. The van der Waals surface area contributed by atoms with Gasteiger partial charge in [0, 0.05) is 17.5 Å². The molecule has 0 aliphatic heterocycles. The smallest absolute Gasteiger partial charge is 0.339 e. The van der Waals surface area contributed by atoms with Gasteiger partial charge in [0.1, 0.15) is 11.3 Å². The van der Waals surface area contributed by atoms with Crippen molar-refractivity contribution in [2.75, 3.05) is 14.2 Å². The number of carbonyl (C=O) groups is 1. The Balaban J connectivity index is 2.14. The van der Waals surface area contributed by atoms with Crippen LogP contribution in [0.25, 0.3) is 0 Å². The molecular formula is C16H19NO3S. The molecular weight excluding hydrogens is 286 g/mol. The van der Waals surface area contributed by atoms with Gasteiger partial charge in [0.15, 0.2) is 0 Å². The molecule has 1 atom stereocenters. The van der Waals surface area contributed by atoms with Crippen LogP contribution in [-0.4, -0.2) is 30.1 Å². The van der Waals surface area contributed by atoms with Crippen LogP contribution in [0.2, 0.25) is 0 Å². The first kappa shape index (κ1) is 15.5. The van der Waals surface area contributed by atoms with Crippen LogP contribution in [0.1, 0.15) is 33.8 Å². The fraction of sp³-hybridized carbons (Fsp3) is 0.312. The fourth-order valence-electron chi connectivity index (χ4n) is 2.18. The highest BCUT2D eigenvalue weighted by Gasteiger charge is 2.15. The molecule has 0 fully saturated rings. The average Bonchev–Trinajstić information content (AvgIpc) is 3.00. The van der Waals surface area contributed by atoms with Crippen molar-refractivity contribution in [2.24, 2.45) is 0 Å². The third-order valence-electron chi connectivity index (χ3n) is 3.54. The Hall–Kier alpha value is -1.85. The zero-order valence-corrected chi connectivity index (χ0v) is 13.2. The highest BCUT2D eigenvalue weighted by molar-refractivity contribution is 7.10. The van der Waals surface area contributed by atoms with Crippen molar-refractivity contribution in [1.82, 2.24) is 4.90 Å². The second kappa shape index (κ2) is 6.74. The number of carboxylic acid groups (broad SMARTS) is 1. The van der Waals surface area contributed by atoms with Crippen molar-refractivity contribution in [3.63, 3.8) is 0 Å². The molecule has 1 aromatic carbocycles. The Labute approximate surface area is 128 Å². The molecule has 2 aromatic rings. The standard InChI is InChI=1S/C16H19NO3S/c1-11(15-5-4-8-21-15)17(2)10-12-6-7-13(16(18)19)14(9-12)20-3/h4-9,11H,10H2,1-3H3,(H,18,19). The monoisotopic (exact) mass is 305 g/mol. The van der Waals surface area contributed by atoms with E-state index in [9.17, 15) is 4.79 Å². The highest BCUT2D eigenvalue weighted by atomic mass is 32.1. The van der Waals surface area contributed by atoms with Crippen LogP contribution in [0.5, 0.6) is 5.75 Å². The lowest BCUT2D eigenvalue weighted by Crippen LogP contribution is -2.21. The van der Waals surface area contributed by atoms with E-state index < -0.39 is 5.97 Å². The summed E-state index contributed by atoms with van der Waals surface area (Å²) in [6.07, 6.45) is 0. The molecule has 1 aromatic heterocycles. The summed E-state index contributed by atoms with van der Waals surface area (Å²) in [6.45, 7) is 2.89. The first-order valence-corrected chi connectivity index (χ1v) is 7.54. The topological polar surface area (TPSA) is 49.8 Å². The molecule has 1 unspecified atom stereocenters. The summed E-state index contributed by atoms with van der Waals surface area (Å²) in [5.41, 5.74) is 1.22. The molecule has 5 heteroatoms. The summed E-state index contributed by atoms with van der Waals surface area (Å²) < 4.78 is 5.16. The molecule has 2 rings (SSSR count). The molecule has 0 saturated carbocycles. The van der Waals surface area contributed by atoms with Gasteiger partial charge in [0.25, 0.3) is 0 Å². The molecule has 1 heterocycles. The maximum Gasteiger partial charge on any atom is 0.339 e. The van der Waals surface area contributed by atoms with Crippen LogP contribution in [0.4, 0.5) is 0 Å². The Morgan fingerprint density at radius 1 is 1.43 bits per heavy atom. The number of thiophene rings is 1. The number of carboxylic acids is 1. The lowest BCUT2D eigenvalue weighted by atomic mass is 10.1. The molecule has 21 heavy (non-hydrogen) atoms. The van der Waals surface area contributed by atoms with E-state index in [2.05, 4.69) is 36.4 Å². The summed E-state index contributed by atoms with van der Waals surface area (Å²) in [5.74, 6) is -0.573. The maximum absolute atomic E-state index is 11.1. The first-order chi connectivity index (χ1) is 10.0. The van der Waals surface area contributed by atoms with E-state index in [-0.39, 0.29) is 5.56 Å². The van der Waals surface area contributed by atoms with Gasteiger partial charge < -0.3 is 9.84 Å². The van der Waals surface area contributed by atoms with Gasteiger partial charge in [-0.2, -0.15) is 0 Å². The van der Waals surface area contributed by atoms with Crippen molar-refractivity contribution < 1.29 is 14.6 Å². The minimum Gasteiger partial charge on any atom is -0.496 e.